The summed E-state index contributed by atoms with van der Waals surface area (Å²) < 4.78 is 65.6. The Morgan fingerprint density at radius 2 is 1.86 bits per heavy atom. The van der Waals surface area contributed by atoms with Gasteiger partial charge in [0.05, 0.1) is 9.35 Å². The number of thiophene rings is 1. The van der Waals surface area contributed by atoms with Crippen molar-refractivity contribution in [2.45, 2.75) is 16.9 Å². The van der Waals surface area contributed by atoms with Gasteiger partial charge in [-0.15, -0.1) is 11.3 Å². The molecular formula is C12H8Br2F3NO2S2. The lowest BCUT2D eigenvalue weighted by Gasteiger charge is -2.09. The third-order valence-corrected chi connectivity index (χ3v) is 7.74. The van der Waals surface area contributed by atoms with Gasteiger partial charge in [-0.3, -0.25) is 0 Å². The topological polar surface area (TPSA) is 46.2 Å². The first-order valence-corrected chi connectivity index (χ1v) is 9.59. The van der Waals surface area contributed by atoms with E-state index in [0.29, 0.717) is 8.26 Å². The Bertz CT molecular complexity index is 768. The van der Waals surface area contributed by atoms with Gasteiger partial charge in [0, 0.05) is 11.0 Å². The monoisotopic (exact) mass is 477 g/mol. The highest BCUT2D eigenvalue weighted by Gasteiger charge is 2.30. The third kappa shape index (κ3) is 4.31. The number of nitrogens with one attached hydrogen (secondary N) is 1. The van der Waals surface area contributed by atoms with Crippen molar-refractivity contribution < 1.29 is 21.6 Å². The zero-order valence-corrected chi connectivity index (χ0v) is 15.4. The maximum atomic E-state index is 12.6. The van der Waals surface area contributed by atoms with E-state index in [-0.39, 0.29) is 16.3 Å². The van der Waals surface area contributed by atoms with E-state index in [1.54, 1.807) is 0 Å². The van der Waals surface area contributed by atoms with Gasteiger partial charge in [0.2, 0.25) is 10.0 Å². The predicted molar refractivity (Wildman–Crippen MR) is 85.2 cm³/mol. The second-order valence-electron chi connectivity index (χ2n) is 4.21. The van der Waals surface area contributed by atoms with Gasteiger partial charge in [-0.2, -0.15) is 13.2 Å². The van der Waals surface area contributed by atoms with Crippen LogP contribution >= 0.6 is 43.2 Å². The Hall–Kier alpha value is -0.420. The predicted octanol–water partition coefficient (Wildman–Crippen LogP) is 4.77. The van der Waals surface area contributed by atoms with Crippen molar-refractivity contribution in [2.24, 2.45) is 0 Å². The van der Waals surface area contributed by atoms with Gasteiger partial charge in [-0.25, -0.2) is 13.1 Å². The Balaban J connectivity index is 2.16. The SMILES string of the molecule is O=S(=O)(NCc1cccc(C(F)(F)F)c1)c1cc(Br)c(Br)s1. The molecule has 1 aromatic heterocycles. The first kappa shape index (κ1) is 17.9. The van der Waals surface area contributed by atoms with E-state index in [0.717, 1.165) is 23.5 Å². The van der Waals surface area contributed by atoms with E-state index < -0.39 is 21.8 Å². The molecule has 0 radical (unpaired) electrons. The summed E-state index contributed by atoms with van der Waals surface area (Å²) in [5.74, 6) is 0. The van der Waals surface area contributed by atoms with Crippen molar-refractivity contribution in [1.29, 1.82) is 0 Å². The maximum Gasteiger partial charge on any atom is 0.416 e. The number of sulfonamides is 1. The second-order valence-corrected chi connectivity index (χ2v) is 9.43. The zero-order valence-electron chi connectivity index (χ0n) is 10.6. The Labute approximate surface area is 145 Å². The molecule has 2 rings (SSSR count). The molecule has 0 fully saturated rings. The molecule has 1 heterocycles. The van der Waals surface area contributed by atoms with E-state index in [1.807, 2.05) is 0 Å². The van der Waals surface area contributed by atoms with Gasteiger partial charge in [0.1, 0.15) is 4.21 Å². The van der Waals surface area contributed by atoms with Gasteiger partial charge >= 0.3 is 6.18 Å². The smallest absolute Gasteiger partial charge is 0.206 e. The summed E-state index contributed by atoms with van der Waals surface area (Å²) in [6.07, 6.45) is -4.46. The Kier molecular flexibility index (Phi) is 5.38. The first-order chi connectivity index (χ1) is 10.1. The van der Waals surface area contributed by atoms with Gasteiger partial charge < -0.3 is 0 Å². The van der Waals surface area contributed by atoms with Crippen molar-refractivity contribution >= 4 is 53.2 Å². The average molecular weight is 479 g/mol. The molecule has 0 amide bonds. The van der Waals surface area contributed by atoms with Gasteiger partial charge in [-0.1, -0.05) is 18.2 Å². The van der Waals surface area contributed by atoms with Crippen molar-refractivity contribution in [3.05, 3.63) is 49.7 Å². The van der Waals surface area contributed by atoms with Crippen molar-refractivity contribution in [3.8, 4) is 0 Å². The Morgan fingerprint density at radius 3 is 2.41 bits per heavy atom. The lowest BCUT2D eigenvalue weighted by Crippen LogP contribution is -2.22. The average Bonchev–Trinajstić information content (AvgIpc) is 2.77. The van der Waals surface area contributed by atoms with Crippen molar-refractivity contribution in [1.82, 2.24) is 4.72 Å². The summed E-state index contributed by atoms with van der Waals surface area (Å²) >= 11 is 7.38. The standard InChI is InChI=1S/C12H8Br2F3NO2S2/c13-9-5-10(21-11(9)14)22(19,20)18-6-7-2-1-3-8(4-7)12(15,16)17/h1-5,18H,6H2. The molecule has 0 aliphatic rings. The van der Waals surface area contributed by atoms with Crippen LogP contribution in [0, 0.1) is 0 Å². The van der Waals surface area contributed by atoms with E-state index in [4.69, 9.17) is 0 Å². The fraction of sp³-hybridized carbons (Fsp3) is 0.167. The number of alkyl halides is 3. The lowest BCUT2D eigenvalue weighted by atomic mass is 10.1. The molecule has 22 heavy (non-hydrogen) atoms. The number of benzene rings is 1. The Morgan fingerprint density at radius 1 is 1.18 bits per heavy atom. The zero-order chi connectivity index (χ0) is 16.5. The summed E-state index contributed by atoms with van der Waals surface area (Å²) in [6.45, 7) is -0.223. The minimum absolute atomic E-state index is 0.0678. The fourth-order valence-corrected chi connectivity index (χ4v) is 5.45. The molecule has 0 saturated carbocycles. The van der Waals surface area contributed by atoms with Crippen LogP contribution in [0.5, 0.6) is 0 Å². The van der Waals surface area contributed by atoms with Crippen LogP contribution in [-0.2, 0) is 22.7 Å². The molecule has 1 N–H and O–H groups in total. The molecule has 0 saturated heterocycles. The minimum Gasteiger partial charge on any atom is -0.206 e. The minimum atomic E-state index is -4.46. The highest BCUT2D eigenvalue weighted by atomic mass is 79.9. The van der Waals surface area contributed by atoms with Crippen molar-refractivity contribution in [2.75, 3.05) is 0 Å². The maximum absolute atomic E-state index is 12.6. The van der Waals surface area contributed by atoms with Crippen LogP contribution in [0.1, 0.15) is 11.1 Å². The number of hydrogen-bond donors (Lipinski definition) is 1. The summed E-state index contributed by atoms with van der Waals surface area (Å²) in [5, 5.41) is 0. The van der Waals surface area contributed by atoms with Gasteiger partial charge in [0.15, 0.2) is 0 Å². The lowest BCUT2D eigenvalue weighted by molar-refractivity contribution is -0.137. The summed E-state index contributed by atoms with van der Waals surface area (Å²) in [5.41, 5.74) is -0.584. The van der Waals surface area contributed by atoms with Crippen molar-refractivity contribution in [3.63, 3.8) is 0 Å². The quantitative estimate of drug-likeness (QED) is 0.687. The van der Waals surface area contributed by atoms with Crippen LogP contribution in [0.25, 0.3) is 0 Å². The molecule has 2 aromatic rings. The van der Waals surface area contributed by atoms with E-state index >= 15 is 0 Å². The van der Waals surface area contributed by atoms with Gasteiger partial charge in [-0.05, 0) is 49.6 Å². The van der Waals surface area contributed by atoms with Crippen LogP contribution in [0.2, 0.25) is 0 Å². The van der Waals surface area contributed by atoms with Crippen LogP contribution in [0.15, 0.2) is 42.8 Å². The molecule has 0 atom stereocenters. The van der Waals surface area contributed by atoms with Crippen LogP contribution in [-0.4, -0.2) is 8.42 Å². The summed E-state index contributed by atoms with van der Waals surface area (Å²) in [6, 6.07) is 5.94. The molecule has 0 aliphatic carbocycles. The number of rotatable bonds is 4. The molecule has 1 aromatic carbocycles. The van der Waals surface area contributed by atoms with Crippen LogP contribution in [0.3, 0.4) is 0 Å². The van der Waals surface area contributed by atoms with E-state index in [2.05, 4.69) is 36.6 Å². The molecule has 120 valence electrons. The molecule has 0 aliphatic heterocycles. The highest BCUT2D eigenvalue weighted by Crippen LogP contribution is 2.35. The third-order valence-electron chi connectivity index (χ3n) is 2.61. The molecule has 0 spiro atoms. The summed E-state index contributed by atoms with van der Waals surface area (Å²) in [4.78, 5) is 0. The number of halogens is 5. The summed E-state index contributed by atoms with van der Waals surface area (Å²) in [7, 11) is -3.78. The largest absolute Gasteiger partial charge is 0.416 e. The van der Waals surface area contributed by atoms with Gasteiger partial charge in [0.25, 0.3) is 0 Å². The van der Waals surface area contributed by atoms with E-state index in [9.17, 15) is 21.6 Å². The van der Waals surface area contributed by atoms with Crippen LogP contribution in [0.4, 0.5) is 13.2 Å². The number of hydrogen-bond acceptors (Lipinski definition) is 3. The van der Waals surface area contributed by atoms with E-state index in [1.165, 1.54) is 18.2 Å². The second kappa shape index (κ2) is 6.60. The normalized spacial score (nSPS) is 12.6. The van der Waals surface area contributed by atoms with Crippen LogP contribution < -0.4 is 4.72 Å². The molecular weight excluding hydrogens is 471 g/mol. The highest BCUT2D eigenvalue weighted by molar-refractivity contribution is 9.13. The fourth-order valence-electron chi connectivity index (χ4n) is 1.57. The molecule has 3 nitrogen and oxygen atoms in total. The first-order valence-electron chi connectivity index (χ1n) is 5.70. The molecule has 0 unspecified atom stereocenters. The molecule has 0 bridgehead atoms. The molecule has 10 heteroatoms.